The molecular weight excluding hydrogens is 772 g/mol. The second-order valence-corrected chi connectivity index (χ2v) is 15.8. The number of esters is 1. The molecule has 0 radical (unpaired) electrons. The summed E-state index contributed by atoms with van der Waals surface area (Å²) in [4.78, 5) is 31.7. The summed E-state index contributed by atoms with van der Waals surface area (Å²) in [6.07, 6.45) is 4.94. The molecular formula is C52H55LiN2O7. The molecule has 316 valence electrons. The van der Waals surface area contributed by atoms with Gasteiger partial charge < -0.3 is 24.8 Å². The SMILES string of the molecule is CCOC(=O)CCc1ccc2c(n1)CCC(c1cccc(-c3c(C)cccc3C)c1)O2.Cc1cccc(C)c1-c1cccc(C2CCc3nc(CCC(=O)O)ccc3O2)c1.[Li+].[OH-]. The van der Waals surface area contributed by atoms with Crippen LogP contribution in [-0.4, -0.2) is 39.1 Å². The molecule has 0 fully saturated rings. The largest absolute Gasteiger partial charge is 1.00 e. The van der Waals surface area contributed by atoms with Crippen molar-refractivity contribution in [2.45, 2.75) is 98.2 Å². The third-order valence-electron chi connectivity index (χ3n) is 11.3. The van der Waals surface area contributed by atoms with Crippen molar-refractivity contribution >= 4 is 11.9 Å². The number of rotatable bonds is 11. The van der Waals surface area contributed by atoms with Gasteiger partial charge in [0.1, 0.15) is 23.7 Å². The summed E-state index contributed by atoms with van der Waals surface area (Å²) < 4.78 is 17.6. The Labute approximate surface area is 377 Å². The van der Waals surface area contributed by atoms with Crippen LogP contribution in [0.2, 0.25) is 0 Å². The van der Waals surface area contributed by atoms with E-state index in [1.54, 1.807) is 0 Å². The number of carbonyl (C=O) groups excluding carboxylic acids is 1. The van der Waals surface area contributed by atoms with Gasteiger partial charge in [-0.3, -0.25) is 19.6 Å². The molecule has 4 heterocycles. The third-order valence-corrected chi connectivity index (χ3v) is 11.3. The number of aryl methyl sites for hydroxylation is 8. The fourth-order valence-corrected chi connectivity index (χ4v) is 8.38. The number of carboxylic acids is 1. The van der Waals surface area contributed by atoms with Gasteiger partial charge >= 0.3 is 30.8 Å². The van der Waals surface area contributed by atoms with Crippen LogP contribution in [-0.2, 0) is 40.0 Å². The Kier molecular flexibility index (Phi) is 16.7. The van der Waals surface area contributed by atoms with Crippen molar-refractivity contribution in [2.24, 2.45) is 0 Å². The zero-order valence-corrected chi connectivity index (χ0v) is 36.7. The zero-order chi connectivity index (χ0) is 42.2. The number of benzene rings is 4. The molecule has 2 atom stereocenters. The molecule has 2 aliphatic rings. The molecule has 0 saturated heterocycles. The minimum Gasteiger partial charge on any atom is -0.870 e. The molecule has 4 aromatic carbocycles. The van der Waals surface area contributed by atoms with Crippen molar-refractivity contribution in [3.05, 3.63) is 165 Å². The number of fused-ring (bicyclic) bond motifs is 2. The van der Waals surface area contributed by atoms with Crippen LogP contribution in [0.3, 0.4) is 0 Å². The van der Waals surface area contributed by atoms with Gasteiger partial charge in [0.15, 0.2) is 0 Å². The second-order valence-electron chi connectivity index (χ2n) is 15.8. The van der Waals surface area contributed by atoms with E-state index in [9.17, 15) is 9.59 Å². The van der Waals surface area contributed by atoms with Crippen molar-refractivity contribution in [2.75, 3.05) is 6.61 Å². The fourth-order valence-electron chi connectivity index (χ4n) is 8.38. The van der Waals surface area contributed by atoms with E-state index < -0.39 is 5.97 Å². The summed E-state index contributed by atoms with van der Waals surface area (Å²) >= 11 is 0. The van der Waals surface area contributed by atoms with E-state index in [-0.39, 0.29) is 48.9 Å². The topological polar surface area (TPSA) is 138 Å². The molecule has 0 bridgehead atoms. The van der Waals surface area contributed by atoms with E-state index >= 15 is 0 Å². The Morgan fingerprint density at radius 3 is 1.47 bits per heavy atom. The quantitative estimate of drug-likeness (QED) is 0.101. The van der Waals surface area contributed by atoms with Crippen molar-refractivity contribution in [1.82, 2.24) is 9.97 Å². The van der Waals surface area contributed by atoms with Crippen molar-refractivity contribution in [3.8, 4) is 33.8 Å². The van der Waals surface area contributed by atoms with Gasteiger partial charge in [-0.1, -0.05) is 72.8 Å². The number of pyridine rings is 2. The Morgan fingerprint density at radius 2 is 1.05 bits per heavy atom. The summed E-state index contributed by atoms with van der Waals surface area (Å²) in [6, 6.07) is 37.9. The number of nitrogens with zero attached hydrogens (tertiary/aromatic N) is 2. The molecule has 2 N–H and O–H groups in total. The van der Waals surface area contributed by atoms with Crippen LogP contribution in [0.4, 0.5) is 0 Å². The van der Waals surface area contributed by atoms with E-state index in [2.05, 4.69) is 118 Å². The summed E-state index contributed by atoms with van der Waals surface area (Å²) in [5.41, 5.74) is 16.1. The Hall–Kier alpha value is -5.72. The second kappa shape index (κ2) is 21.9. The smallest absolute Gasteiger partial charge is 0.870 e. The number of aliphatic carboxylic acids is 1. The van der Waals surface area contributed by atoms with Gasteiger partial charge in [-0.15, -0.1) is 0 Å². The van der Waals surface area contributed by atoms with Crippen LogP contribution in [0.1, 0.15) is 101 Å². The van der Waals surface area contributed by atoms with Gasteiger partial charge in [-0.2, -0.15) is 0 Å². The monoisotopic (exact) mass is 826 g/mol. The first-order valence-corrected chi connectivity index (χ1v) is 21.1. The van der Waals surface area contributed by atoms with Crippen LogP contribution in [0.15, 0.2) is 109 Å². The third kappa shape index (κ3) is 11.6. The molecule has 6 aromatic rings. The molecule has 0 saturated carbocycles. The van der Waals surface area contributed by atoms with E-state index in [0.29, 0.717) is 25.9 Å². The summed E-state index contributed by atoms with van der Waals surface area (Å²) in [6.45, 7) is 10.9. The molecule has 2 aromatic heterocycles. The van der Waals surface area contributed by atoms with Gasteiger partial charge in [0.05, 0.1) is 30.8 Å². The Balaban J connectivity index is 0.000000227. The van der Waals surface area contributed by atoms with E-state index in [0.717, 1.165) is 60.0 Å². The fraction of sp³-hybridized carbons (Fsp3) is 0.308. The molecule has 0 spiro atoms. The minimum absolute atomic E-state index is 0. The Bertz CT molecular complexity index is 2460. The number of hydrogen-bond donors (Lipinski definition) is 1. The first-order valence-electron chi connectivity index (χ1n) is 21.1. The molecule has 10 heteroatoms. The van der Waals surface area contributed by atoms with E-state index in [4.69, 9.17) is 24.3 Å². The molecule has 0 aliphatic carbocycles. The predicted octanol–water partition coefficient (Wildman–Crippen LogP) is 8.20. The van der Waals surface area contributed by atoms with Crippen LogP contribution < -0.4 is 28.3 Å². The van der Waals surface area contributed by atoms with Crippen LogP contribution in [0.25, 0.3) is 22.3 Å². The van der Waals surface area contributed by atoms with Gasteiger partial charge in [0, 0.05) is 24.2 Å². The van der Waals surface area contributed by atoms with Crippen molar-refractivity contribution in [1.29, 1.82) is 0 Å². The molecule has 0 amide bonds. The number of carbonyl (C=O) groups is 2. The minimum atomic E-state index is -0.801. The molecule has 2 unspecified atom stereocenters. The molecule has 9 nitrogen and oxygen atoms in total. The van der Waals surface area contributed by atoms with Gasteiger partial charge in [-0.25, -0.2) is 0 Å². The number of hydrogen-bond acceptors (Lipinski definition) is 8. The van der Waals surface area contributed by atoms with Crippen LogP contribution in [0, 0.1) is 27.7 Å². The van der Waals surface area contributed by atoms with Crippen molar-refractivity contribution in [3.63, 3.8) is 0 Å². The van der Waals surface area contributed by atoms with Gasteiger partial charge in [0.25, 0.3) is 0 Å². The Morgan fingerprint density at radius 1 is 0.629 bits per heavy atom. The number of ether oxygens (including phenoxy) is 3. The van der Waals surface area contributed by atoms with E-state index in [1.165, 1.54) is 55.6 Å². The van der Waals surface area contributed by atoms with Crippen LogP contribution in [0.5, 0.6) is 11.5 Å². The number of aromatic nitrogens is 2. The first-order chi connectivity index (χ1) is 29.1. The van der Waals surface area contributed by atoms with Crippen LogP contribution >= 0.6 is 0 Å². The summed E-state index contributed by atoms with van der Waals surface area (Å²) in [5.74, 6) is 0.665. The molecule has 8 rings (SSSR count). The predicted molar refractivity (Wildman–Crippen MR) is 237 cm³/mol. The summed E-state index contributed by atoms with van der Waals surface area (Å²) in [7, 11) is 0. The average Bonchev–Trinajstić information content (AvgIpc) is 3.25. The average molecular weight is 827 g/mol. The van der Waals surface area contributed by atoms with Gasteiger partial charge in [-0.05, 0) is 152 Å². The van der Waals surface area contributed by atoms with Crippen molar-refractivity contribution < 1.29 is 53.2 Å². The normalized spacial score (nSPS) is 14.8. The maximum Gasteiger partial charge on any atom is 1.00 e. The molecule has 62 heavy (non-hydrogen) atoms. The van der Waals surface area contributed by atoms with E-state index in [1.807, 2.05) is 31.2 Å². The maximum atomic E-state index is 11.6. The number of carboxylic acid groups (broad SMARTS) is 1. The maximum absolute atomic E-state index is 11.6. The zero-order valence-electron chi connectivity index (χ0n) is 36.7. The summed E-state index contributed by atoms with van der Waals surface area (Å²) in [5, 5.41) is 8.86. The first kappa shape index (κ1) is 47.3. The van der Waals surface area contributed by atoms with Gasteiger partial charge in [0.2, 0.25) is 0 Å². The standard InChI is InChI=1S/C27H29NO3.C25H25NO3.Li.H2O/c1-4-30-26(29)16-12-22-11-14-25-23(28-22)13-15-24(31-25)20-9-6-10-21(17-20)27-18(2)7-5-8-19(27)3;1-16-5-3-6-17(2)25(16)19-8-4-7-18(15-19)22-13-11-21-23(29-22)12-9-20(26-21)10-14-24(27)28;;/h5-11,14,17,24H,4,12-13,15-16H2,1-3H3;3-9,12,15,22H,10-11,13-14H2,1-2H3,(H,27,28);;1H2/q;;+1;/p-1. The molecule has 2 aliphatic heterocycles.